The Balaban J connectivity index is 2.80. The smallest absolute Gasteiger partial charge is 0.312 e. The number of urea groups is 1. The number of primary amides is 1. The Kier molecular flexibility index (Phi) is 6.63. The Morgan fingerprint density at radius 2 is 2.30 bits per heavy atom. The minimum Gasteiger partial charge on any atom is -0.353 e. The molecule has 7 nitrogen and oxygen atoms in total. The second-order valence-corrected chi connectivity index (χ2v) is 5.57. The molecule has 2 unspecified atom stereocenters. The number of nitrogens with one attached hydrogen (secondary N) is 2. The van der Waals surface area contributed by atoms with Crippen LogP contribution in [-0.4, -0.2) is 59.9 Å². The van der Waals surface area contributed by atoms with Gasteiger partial charge in [-0.15, -0.1) is 0 Å². The van der Waals surface area contributed by atoms with Crippen LogP contribution in [-0.2, 0) is 9.59 Å². The molecule has 0 aromatic rings. The molecule has 4 amide bonds. The van der Waals surface area contributed by atoms with E-state index in [4.69, 9.17) is 5.73 Å². The number of piperazine rings is 1. The molecule has 1 aliphatic heterocycles. The van der Waals surface area contributed by atoms with Gasteiger partial charge in [0, 0.05) is 13.1 Å². The highest BCUT2D eigenvalue weighted by molar-refractivity contribution is 7.98. The van der Waals surface area contributed by atoms with E-state index >= 15 is 0 Å². The van der Waals surface area contributed by atoms with Crippen molar-refractivity contribution in [2.24, 2.45) is 5.73 Å². The summed E-state index contributed by atoms with van der Waals surface area (Å²) in [6, 6.07) is -1.86. The first-order chi connectivity index (χ1) is 9.51. The van der Waals surface area contributed by atoms with Crippen molar-refractivity contribution < 1.29 is 14.4 Å². The zero-order valence-electron chi connectivity index (χ0n) is 11.8. The maximum Gasteiger partial charge on any atom is 0.312 e. The first-order valence-electron chi connectivity index (χ1n) is 6.64. The third kappa shape index (κ3) is 4.29. The summed E-state index contributed by atoms with van der Waals surface area (Å²) < 4.78 is 0. The van der Waals surface area contributed by atoms with Crippen LogP contribution in [0.2, 0.25) is 0 Å². The fraction of sp³-hybridized carbons (Fsp3) is 0.750. The van der Waals surface area contributed by atoms with Crippen molar-refractivity contribution in [2.75, 3.05) is 25.1 Å². The van der Waals surface area contributed by atoms with Crippen LogP contribution in [0, 0.1) is 0 Å². The van der Waals surface area contributed by atoms with Crippen LogP contribution in [0.25, 0.3) is 0 Å². The first-order valence-corrected chi connectivity index (χ1v) is 8.03. The fourth-order valence-electron chi connectivity index (χ4n) is 2.25. The molecule has 1 fully saturated rings. The topological polar surface area (TPSA) is 105 Å². The van der Waals surface area contributed by atoms with Crippen LogP contribution in [0.15, 0.2) is 0 Å². The van der Waals surface area contributed by atoms with Crippen LogP contribution in [0.4, 0.5) is 4.79 Å². The van der Waals surface area contributed by atoms with Gasteiger partial charge in [0.15, 0.2) is 0 Å². The molecule has 0 aromatic carbocycles. The average Bonchev–Trinajstić information content (AvgIpc) is 2.42. The Hall–Kier alpha value is -1.44. The highest BCUT2D eigenvalue weighted by Crippen LogP contribution is 2.12. The van der Waals surface area contributed by atoms with Crippen LogP contribution < -0.4 is 16.4 Å². The van der Waals surface area contributed by atoms with Crippen molar-refractivity contribution in [1.82, 2.24) is 15.5 Å². The number of nitrogens with zero attached hydrogens (tertiary/aromatic N) is 1. The number of hydrogen-bond acceptors (Lipinski definition) is 4. The van der Waals surface area contributed by atoms with Gasteiger partial charge < -0.3 is 21.3 Å². The normalized spacial score (nSPS) is 20.2. The van der Waals surface area contributed by atoms with Crippen molar-refractivity contribution in [1.29, 1.82) is 0 Å². The summed E-state index contributed by atoms with van der Waals surface area (Å²) in [7, 11) is 0. The van der Waals surface area contributed by atoms with Crippen molar-refractivity contribution in [3.8, 4) is 0 Å². The van der Waals surface area contributed by atoms with Gasteiger partial charge in [0.2, 0.25) is 11.8 Å². The predicted molar refractivity (Wildman–Crippen MR) is 78.3 cm³/mol. The lowest BCUT2D eigenvalue weighted by atomic mass is 10.1. The highest BCUT2D eigenvalue weighted by atomic mass is 32.2. The van der Waals surface area contributed by atoms with Gasteiger partial charge >= 0.3 is 6.03 Å². The Bertz CT molecular complexity index is 378. The standard InChI is InChI=1S/C12H22N4O3S/c1-3-9-10(17)14-5-6-16(9)11(18)8(4-7-20-2)15-12(13)19/h8-9H,3-7H2,1-2H3,(H,14,17)(H3,13,15,19). The SMILES string of the molecule is CCC1C(=O)NCCN1C(=O)C(CCSC)NC(N)=O. The summed E-state index contributed by atoms with van der Waals surface area (Å²) in [5.74, 6) is 0.349. The van der Waals surface area contributed by atoms with Gasteiger partial charge in [-0.1, -0.05) is 6.92 Å². The minimum atomic E-state index is -0.723. The molecule has 1 heterocycles. The molecular formula is C12H22N4O3S. The fourth-order valence-corrected chi connectivity index (χ4v) is 2.72. The molecule has 0 radical (unpaired) electrons. The van der Waals surface area contributed by atoms with Crippen molar-refractivity contribution >= 4 is 29.6 Å². The zero-order chi connectivity index (χ0) is 15.1. The third-order valence-electron chi connectivity index (χ3n) is 3.23. The van der Waals surface area contributed by atoms with E-state index in [9.17, 15) is 14.4 Å². The first kappa shape index (κ1) is 16.6. The van der Waals surface area contributed by atoms with Crippen molar-refractivity contribution in [2.45, 2.75) is 31.8 Å². The second kappa shape index (κ2) is 7.98. The highest BCUT2D eigenvalue weighted by Gasteiger charge is 2.35. The van der Waals surface area contributed by atoms with Crippen molar-refractivity contribution in [3.05, 3.63) is 0 Å². The maximum atomic E-state index is 12.5. The third-order valence-corrected chi connectivity index (χ3v) is 3.87. The maximum absolute atomic E-state index is 12.5. The Morgan fingerprint density at radius 3 is 2.85 bits per heavy atom. The number of thioether (sulfide) groups is 1. The van der Waals surface area contributed by atoms with E-state index in [1.807, 2.05) is 13.2 Å². The van der Waals surface area contributed by atoms with E-state index < -0.39 is 18.1 Å². The van der Waals surface area contributed by atoms with E-state index in [-0.39, 0.29) is 11.8 Å². The van der Waals surface area contributed by atoms with E-state index in [0.29, 0.717) is 25.9 Å². The zero-order valence-corrected chi connectivity index (χ0v) is 12.7. The molecule has 0 aliphatic carbocycles. The van der Waals surface area contributed by atoms with Crippen molar-refractivity contribution in [3.63, 3.8) is 0 Å². The van der Waals surface area contributed by atoms with Gasteiger partial charge in [-0.2, -0.15) is 11.8 Å². The molecular weight excluding hydrogens is 280 g/mol. The number of carbonyl (C=O) groups is 3. The van der Waals surface area contributed by atoms with E-state index in [0.717, 1.165) is 5.75 Å². The summed E-state index contributed by atoms with van der Waals surface area (Å²) >= 11 is 1.59. The number of carbonyl (C=O) groups excluding carboxylic acids is 3. The molecule has 114 valence electrons. The van der Waals surface area contributed by atoms with Gasteiger partial charge in [0.05, 0.1) is 0 Å². The van der Waals surface area contributed by atoms with Gasteiger partial charge in [-0.3, -0.25) is 9.59 Å². The Morgan fingerprint density at radius 1 is 1.60 bits per heavy atom. The summed E-state index contributed by atoms with van der Waals surface area (Å²) in [5.41, 5.74) is 5.12. The summed E-state index contributed by atoms with van der Waals surface area (Å²) in [5, 5.41) is 5.22. The molecule has 0 bridgehead atoms. The largest absolute Gasteiger partial charge is 0.353 e. The van der Waals surface area contributed by atoms with Crippen LogP contribution >= 0.6 is 11.8 Å². The van der Waals surface area contributed by atoms with E-state index in [1.54, 1.807) is 16.7 Å². The quantitative estimate of drug-likeness (QED) is 0.616. The monoisotopic (exact) mass is 302 g/mol. The molecule has 20 heavy (non-hydrogen) atoms. The lowest BCUT2D eigenvalue weighted by Crippen LogP contribution is -2.61. The van der Waals surface area contributed by atoms with Crippen LogP contribution in [0.5, 0.6) is 0 Å². The summed E-state index contributed by atoms with van der Waals surface area (Å²) in [6.45, 7) is 2.75. The van der Waals surface area contributed by atoms with Crippen LogP contribution in [0.3, 0.4) is 0 Å². The van der Waals surface area contributed by atoms with Gasteiger partial charge in [-0.05, 0) is 24.9 Å². The average molecular weight is 302 g/mol. The molecule has 1 saturated heterocycles. The molecule has 4 N–H and O–H groups in total. The molecule has 2 atom stereocenters. The van der Waals surface area contributed by atoms with E-state index in [1.165, 1.54) is 0 Å². The molecule has 0 spiro atoms. The minimum absolute atomic E-state index is 0.144. The number of hydrogen-bond donors (Lipinski definition) is 3. The lowest BCUT2D eigenvalue weighted by Gasteiger charge is -2.36. The number of nitrogens with two attached hydrogens (primary N) is 1. The molecule has 0 aromatic heterocycles. The summed E-state index contributed by atoms with van der Waals surface area (Å²) in [4.78, 5) is 36.9. The second-order valence-electron chi connectivity index (χ2n) is 4.59. The number of amides is 4. The molecule has 0 saturated carbocycles. The Labute approximate surface area is 123 Å². The van der Waals surface area contributed by atoms with Gasteiger partial charge in [-0.25, -0.2) is 4.79 Å². The predicted octanol–water partition coefficient (Wildman–Crippen LogP) is -0.487. The van der Waals surface area contributed by atoms with Gasteiger partial charge in [0.25, 0.3) is 0 Å². The van der Waals surface area contributed by atoms with Crippen LogP contribution in [0.1, 0.15) is 19.8 Å². The molecule has 1 rings (SSSR count). The molecule has 8 heteroatoms. The van der Waals surface area contributed by atoms with E-state index in [2.05, 4.69) is 10.6 Å². The lowest BCUT2D eigenvalue weighted by molar-refractivity contribution is -0.144. The van der Waals surface area contributed by atoms with Gasteiger partial charge in [0.1, 0.15) is 12.1 Å². The summed E-state index contributed by atoms with van der Waals surface area (Å²) in [6.07, 6.45) is 2.97. The molecule has 1 aliphatic rings. The number of rotatable bonds is 6.